The zero-order valence-corrected chi connectivity index (χ0v) is 20.2. The Hall–Kier alpha value is -3.71. The van der Waals surface area contributed by atoms with Gasteiger partial charge in [0, 0.05) is 17.2 Å². The maximum Gasteiger partial charge on any atom is 0.307 e. The maximum absolute atomic E-state index is 12.9. The Bertz CT molecular complexity index is 1360. The molecule has 35 heavy (non-hydrogen) atoms. The molecule has 0 amide bonds. The van der Waals surface area contributed by atoms with Gasteiger partial charge in [0.1, 0.15) is 5.75 Å². The number of benzene rings is 3. The van der Waals surface area contributed by atoms with E-state index >= 15 is 0 Å². The number of aliphatic carboxylic acids is 1. The molecule has 0 bridgehead atoms. The van der Waals surface area contributed by atoms with Gasteiger partial charge in [-0.25, -0.2) is 4.98 Å². The van der Waals surface area contributed by atoms with Crippen LogP contribution < -0.4 is 10.1 Å². The third kappa shape index (κ3) is 4.91. The van der Waals surface area contributed by atoms with E-state index in [2.05, 4.69) is 10.3 Å². The molecule has 0 saturated heterocycles. The Morgan fingerprint density at radius 2 is 1.69 bits per heavy atom. The molecule has 1 aliphatic carbocycles. The molecule has 1 aliphatic rings. The van der Waals surface area contributed by atoms with Crippen molar-refractivity contribution in [3.05, 3.63) is 72.3 Å². The molecule has 0 aliphatic heterocycles. The maximum atomic E-state index is 12.9. The van der Waals surface area contributed by atoms with Crippen LogP contribution in [0.25, 0.3) is 21.3 Å². The summed E-state index contributed by atoms with van der Waals surface area (Å²) in [7, 11) is 0. The number of anilines is 2. The van der Waals surface area contributed by atoms with Crippen molar-refractivity contribution in [2.45, 2.75) is 26.2 Å². The van der Waals surface area contributed by atoms with Crippen LogP contribution in [0, 0.1) is 11.8 Å². The van der Waals surface area contributed by atoms with E-state index in [0.29, 0.717) is 25.0 Å². The van der Waals surface area contributed by atoms with Crippen LogP contribution in [0.1, 0.15) is 36.5 Å². The SMILES string of the molecule is CCOc1ccc2nc(Nc3ccc(-c4ccc(C(=O)C5CCCC5C(=O)O)cc4)cc3)sc2c1. The van der Waals surface area contributed by atoms with Gasteiger partial charge < -0.3 is 15.2 Å². The van der Waals surface area contributed by atoms with Gasteiger partial charge in [-0.1, -0.05) is 54.2 Å². The van der Waals surface area contributed by atoms with Crippen molar-refractivity contribution >= 4 is 44.1 Å². The van der Waals surface area contributed by atoms with Crippen LogP contribution in [0.15, 0.2) is 66.7 Å². The average molecular weight is 487 g/mol. The van der Waals surface area contributed by atoms with E-state index in [1.54, 1.807) is 23.5 Å². The van der Waals surface area contributed by atoms with Crippen LogP contribution >= 0.6 is 11.3 Å². The number of carbonyl (C=O) groups excluding carboxylic acids is 1. The summed E-state index contributed by atoms with van der Waals surface area (Å²) < 4.78 is 6.64. The van der Waals surface area contributed by atoms with Crippen LogP contribution in [0.3, 0.4) is 0 Å². The van der Waals surface area contributed by atoms with Gasteiger partial charge >= 0.3 is 5.97 Å². The Kier molecular flexibility index (Phi) is 6.51. The molecule has 1 aromatic heterocycles. The van der Waals surface area contributed by atoms with E-state index in [9.17, 15) is 14.7 Å². The van der Waals surface area contributed by atoms with Crippen molar-refractivity contribution in [1.29, 1.82) is 0 Å². The Morgan fingerprint density at radius 3 is 2.37 bits per heavy atom. The largest absolute Gasteiger partial charge is 0.494 e. The Morgan fingerprint density at radius 1 is 1.00 bits per heavy atom. The van der Waals surface area contributed by atoms with Crippen molar-refractivity contribution in [1.82, 2.24) is 4.98 Å². The number of hydrogen-bond donors (Lipinski definition) is 2. The second-order valence-electron chi connectivity index (χ2n) is 8.71. The minimum absolute atomic E-state index is 0.0646. The van der Waals surface area contributed by atoms with Crippen molar-refractivity contribution in [2.24, 2.45) is 11.8 Å². The highest BCUT2D eigenvalue weighted by Crippen LogP contribution is 2.35. The van der Waals surface area contributed by atoms with Gasteiger partial charge in [-0.2, -0.15) is 0 Å². The number of nitrogens with one attached hydrogen (secondary N) is 1. The lowest BCUT2D eigenvalue weighted by Crippen LogP contribution is -2.25. The number of carboxylic acids is 1. The van der Waals surface area contributed by atoms with E-state index < -0.39 is 17.8 Å². The summed E-state index contributed by atoms with van der Waals surface area (Å²) in [6.45, 7) is 2.60. The van der Waals surface area contributed by atoms with Crippen LogP contribution in [0.4, 0.5) is 10.8 Å². The number of Topliss-reactive ketones (excluding diaryl/α,β-unsaturated/α-hetero) is 1. The molecule has 2 unspecified atom stereocenters. The first kappa shape index (κ1) is 23.1. The highest BCUT2D eigenvalue weighted by molar-refractivity contribution is 7.22. The third-order valence-corrected chi connectivity index (χ3v) is 7.41. The van der Waals surface area contributed by atoms with E-state index in [4.69, 9.17) is 4.74 Å². The van der Waals surface area contributed by atoms with E-state index in [-0.39, 0.29) is 5.78 Å². The topological polar surface area (TPSA) is 88.5 Å². The first-order chi connectivity index (χ1) is 17.0. The number of carbonyl (C=O) groups is 2. The summed E-state index contributed by atoms with van der Waals surface area (Å²) in [6, 6.07) is 21.4. The molecule has 2 atom stereocenters. The number of aromatic nitrogens is 1. The minimum atomic E-state index is -0.868. The monoisotopic (exact) mass is 486 g/mol. The summed E-state index contributed by atoms with van der Waals surface area (Å²) in [5, 5.41) is 13.6. The fourth-order valence-corrected chi connectivity index (χ4v) is 5.61. The number of ketones is 1. The van der Waals surface area contributed by atoms with Gasteiger partial charge in [-0.05, 0) is 61.2 Å². The van der Waals surface area contributed by atoms with Crippen molar-refractivity contribution in [2.75, 3.05) is 11.9 Å². The smallest absolute Gasteiger partial charge is 0.307 e. The molecule has 1 saturated carbocycles. The molecule has 1 heterocycles. The molecule has 4 aromatic rings. The standard InChI is InChI=1S/C28H26N2O4S/c1-2-34-21-14-15-24-25(16-21)35-28(30-24)29-20-12-10-18(11-13-20)17-6-8-19(9-7-17)26(31)22-4-3-5-23(22)27(32)33/h6-16,22-23H,2-5H2,1H3,(H,29,30)(H,32,33). The average Bonchev–Trinajstić information content (AvgIpc) is 3.51. The van der Waals surface area contributed by atoms with E-state index in [1.807, 2.05) is 61.5 Å². The van der Waals surface area contributed by atoms with E-state index in [1.165, 1.54) is 0 Å². The lowest BCUT2D eigenvalue weighted by Gasteiger charge is -2.14. The second kappa shape index (κ2) is 9.88. The Labute approximate surface area is 207 Å². The second-order valence-corrected chi connectivity index (χ2v) is 9.74. The number of thiazole rings is 1. The predicted octanol–water partition coefficient (Wildman–Crippen LogP) is 6.79. The number of rotatable bonds is 8. The van der Waals surface area contributed by atoms with Gasteiger partial charge in [-0.15, -0.1) is 0 Å². The first-order valence-corrected chi connectivity index (χ1v) is 12.6. The van der Waals surface area contributed by atoms with Gasteiger partial charge in [0.25, 0.3) is 0 Å². The lowest BCUT2D eigenvalue weighted by molar-refractivity contribution is -0.142. The van der Waals surface area contributed by atoms with Gasteiger partial charge in [0.2, 0.25) is 0 Å². The predicted molar refractivity (Wildman–Crippen MR) is 139 cm³/mol. The van der Waals surface area contributed by atoms with Crippen LogP contribution in [0.2, 0.25) is 0 Å². The summed E-state index contributed by atoms with van der Waals surface area (Å²) in [5.74, 6) is -1.07. The fourth-order valence-electron chi connectivity index (χ4n) is 4.69. The molecule has 6 nitrogen and oxygen atoms in total. The summed E-state index contributed by atoms with van der Waals surface area (Å²) in [5.41, 5.74) is 4.47. The highest BCUT2D eigenvalue weighted by atomic mass is 32.1. The minimum Gasteiger partial charge on any atom is -0.494 e. The summed E-state index contributed by atoms with van der Waals surface area (Å²) >= 11 is 1.58. The molecule has 5 rings (SSSR count). The zero-order valence-electron chi connectivity index (χ0n) is 19.4. The number of fused-ring (bicyclic) bond motifs is 1. The number of ether oxygens (including phenoxy) is 1. The molecular weight excluding hydrogens is 460 g/mol. The summed E-state index contributed by atoms with van der Waals surface area (Å²) in [6.07, 6.45) is 2.01. The van der Waals surface area contributed by atoms with Crippen LogP contribution in [0.5, 0.6) is 5.75 Å². The molecule has 0 spiro atoms. The normalized spacial score (nSPS) is 17.4. The molecule has 2 N–H and O–H groups in total. The fraction of sp³-hybridized carbons (Fsp3) is 0.250. The number of nitrogens with zero attached hydrogens (tertiary/aromatic N) is 1. The number of hydrogen-bond acceptors (Lipinski definition) is 6. The van der Waals surface area contributed by atoms with Gasteiger partial charge in [0.15, 0.2) is 10.9 Å². The molecule has 0 radical (unpaired) electrons. The molecule has 7 heteroatoms. The molecule has 1 fully saturated rings. The molecular formula is C28H26N2O4S. The zero-order chi connectivity index (χ0) is 24.4. The summed E-state index contributed by atoms with van der Waals surface area (Å²) in [4.78, 5) is 29.0. The van der Waals surface area contributed by atoms with Gasteiger partial charge in [-0.3, -0.25) is 9.59 Å². The van der Waals surface area contributed by atoms with Crippen LogP contribution in [-0.2, 0) is 4.79 Å². The lowest BCUT2D eigenvalue weighted by atomic mass is 9.88. The first-order valence-electron chi connectivity index (χ1n) is 11.8. The quantitative estimate of drug-likeness (QED) is 0.267. The van der Waals surface area contributed by atoms with Crippen molar-refractivity contribution in [3.8, 4) is 16.9 Å². The highest BCUT2D eigenvalue weighted by Gasteiger charge is 2.37. The van der Waals surface area contributed by atoms with Gasteiger partial charge in [0.05, 0.1) is 22.7 Å². The molecule has 178 valence electrons. The van der Waals surface area contributed by atoms with Crippen LogP contribution in [-0.4, -0.2) is 28.4 Å². The Balaban J connectivity index is 1.27. The number of carboxylic acid groups (broad SMARTS) is 1. The van der Waals surface area contributed by atoms with Crippen molar-refractivity contribution < 1.29 is 19.4 Å². The van der Waals surface area contributed by atoms with Crippen molar-refractivity contribution in [3.63, 3.8) is 0 Å². The van der Waals surface area contributed by atoms with E-state index in [0.717, 1.165) is 44.3 Å². The molecule has 3 aromatic carbocycles. The third-order valence-electron chi connectivity index (χ3n) is 6.48.